The van der Waals surface area contributed by atoms with Gasteiger partial charge in [-0.1, -0.05) is 26.0 Å². The lowest BCUT2D eigenvalue weighted by Gasteiger charge is -2.08. The van der Waals surface area contributed by atoms with Crippen LogP contribution in [0.1, 0.15) is 19.4 Å². The predicted octanol–water partition coefficient (Wildman–Crippen LogP) is 2.86. The van der Waals surface area contributed by atoms with E-state index in [0.29, 0.717) is 0 Å². The van der Waals surface area contributed by atoms with Gasteiger partial charge in [-0.15, -0.1) is 11.8 Å². The van der Waals surface area contributed by atoms with Crippen LogP contribution < -0.4 is 0 Å². The molecular weight excluding hydrogens is 218 g/mol. The molecule has 0 spiro atoms. The summed E-state index contributed by atoms with van der Waals surface area (Å²) in [6, 6.07) is 8.06. The monoisotopic (exact) mass is 241 g/mol. The number of rotatable bonds is 5. The molecule has 2 nitrogen and oxygen atoms in total. The molecule has 3 heteroatoms. The van der Waals surface area contributed by atoms with Gasteiger partial charge in [-0.05, 0) is 31.8 Å². The van der Waals surface area contributed by atoms with E-state index in [-0.39, 0.29) is 6.61 Å². The van der Waals surface area contributed by atoms with Crippen molar-refractivity contribution in [3.63, 3.8) is 0 Å². The minimum atomic E-state index is 0.128. The average molecular weight is 241 g/mol. The molecular formula is C13H23NOS. The van der Waals surface area contributed by atoms with Gasteiger partial charge in [0, 0.05) is 17.2 Å². The second-order valence-electron chi connectivity index (χ2n) is 3.45. The van der Waals surface area contributed by atoms with E-state index in [0.717, 1.165) is 17.9 Å². The summed E-state index contributed by atoms with van der Waals surface area (Å²) in [5.74, 6) is 1.10. The number of aliphatic hydroxyl groups excluding tert-OH is 1. The fourth-order valence-electron chi connectivity index (χ4n) is 1.04. The molecule has 1 N–H and O–H groups in total. The Kier molecular flexibility index (Phi) is 9.39. The van der Waals surface area contributed by atoms with Crippen LogP contribution >= 0.6 is 11.8 Å². The number of benzene rings is 1. The summed E-state index contributed by atoms with van der Waals surface area (Å²) in [6.45, 7) is 5.22. The SMILES string of the molecule is CC.CN(C)CCSc1ccc(CO)cc1. The standard InChI is InChI=1S/C11H17NOS.C2H6/c1-12(2)7-8-14-11-5-3-10(9-13)4-6-11;1-2/h3-6,13H,7-9H2,1-2H3;1-2H3. The Balaban J connectivity index is 0.00000106. The van der Waals surface area contributed by atoms with Gasteiger partial charge in [0.15, 0.2) is 0 Å². The molecule has 0 aliphatic heterocycles. The minimum Gasteiger partial charge on any atom is -0.392 e. The topological polar surface area (TPSA) is 23.5 Å². The summed E-state index contributed by atoms with van der Waals surface area (Å²) in [6.07, 6.45) is 0. The van der Waals surface area contributed by atoms with Crippen molar-refractivity contribution in [1.82, 2.24) is 4.90 Å². The Labute approximate surface area is 104 Å². The van der Waals surface area contributed by atoms with Crippen molar-refractivity contribution in [2.75, 3.05) is 26.4 Å². The highest BCUT2D eigenvalue weighted by Crippen LogP contribution is 2.18. The van der Waals surface area contributed by atoms with Gasteiger partial charge in [-0.25, -0.2) is 0 Å². The molecule has 0 aromatic heterocycles. The summed E-state index contributed by atoms with van der Waals surface area (Å²) < 4.78 is 0. The summed E-state index contributed by atoms with van der Waals surface area (Å²) in [5.41, 5.74) is 0.974. The smallest absolute Gasteiger partial charge is 0.0681 e. The van der Waals surface area contributed by atoms with Crippen molar-refractivity contribution >= 4 is 11.8 Å². The van der Waals surface area contributed by atoms with Crippen molar-refractivity contribution in [2.45, 2.75) is 25.3 Å². The lowest BCUT2D eigenvalue weighted by molar-refractivity contribution is 0.282. The highest BCUT2D eigenvalue weighted by Gasteiger charge is 1.95. The summed E-state index contributed by atoms with van der Waals surface area (Å²) in [5, 5.41) is 8.86. The molecule has 0 heterocycles. The summed E-state index contributed by atoms with van der Waals surface area (Å²) >= 11 is 1.84. The van der Waals surface area contributed by atoms with E-state index in [2.05, 4.69) is 31.1 Å². The van der Waals surface area contributed by atoms with Crippen molar-refractivity contribution in [3.05, 3.63) is 29.8 Å². The van der Waals surface area contributed by atoms with E-state index >= 15 is 0 Å². The molecule has 0 aliphatic rings. The van der Waals surface area contributed by atoms with E-state index < -0.39 is 0 Å². The first-order valence-corrected chi connectivity index (χ1v) is 6.68. The number of hydrogen-bond donors (Lipinski definition) is 1. The molecule has 0 aliphatic carbocycles. The highest BCUT2D eigenvalue weighted by atomic mass is 32.2. The highest BCUT2D eigenvalue weighted by molar-refractivity contribution is 7.99. The van der Waals surface area contributed by atoms with Crippen molar-refractivity contribution in [3.8, 4) is 0 Å². The van der Waals surface area contributed by atoms with E-state index in [4.69, 9.17) is 5.11 Å². The summed E-state index contributed by atoms with van der Waals surface area (Å²) in [7, 11) is 4.16. The molecule has 0 atom stereocenters. The second-order valence-corrected chi connectivity index (χ2v) is 4.62. The Morgan fingerprint density at radius 1 is 1.12 bits per heavy atom. The van der Waals surface area contributed by atoms with Gasteiger partial charge in [0.05, 0.1) is 6.61 Å². The van der Waals surface area contributed by atoms with Gasteiger partial charge < -0.3 is 10.0 Å². The third kappa shape index (κ3) is 6.88. The van der Waals surface area contributed by atoms with Crippen molar-refractivity contribution < 1.29 is 5.11 Å². The van der Waals surface area contributed by atoms with E-state index in [1.807, 2.05) is 37.7 Å². The maximum Gasteiger partial charge on any atom is 0.0681 e. The van der Waals surface area contributed by atoms with Crippen molar-refractivity contribution in [1.29, 1.82) is 0 Å². The van der Waals surface area contributed by atoms with E-state index in [1.54, 1.807) is 0 Å². The largest absolute Gasteiger partial charge is 0.392 e. The average Bonchev–Trinajstić information content (AvgIpc) is 2.32. The number of thioether (sulfide) groups is 1. The van der Waals surface area contributed by atoms with Crippen LogP contribution in [-0.2, 0) is 6.61 Å². The number of aliphatic hydroxyl groups is 1. The fourth-order valence-corrected chi connectivity index (χ4v) is 2.06. The Bertz CT molecular complexity index is 259. The maximum atomic E-state index is 8.86. The van der Waals surface area contributed by atoms with Crippen LogP contribution in [0, 0.1) is 0 Å². The first-order chi connectivity index (χ1) is 7.72. The molecule has 1 rings (SSSR count). The minimum absolute atomic E-state index is 0.128. The molecule has 1 aromatic rings. The molecule has 0 amide bonds. The van der Waals surface area contributed by atoms with E-state index in [1.165, 1.54) is 4.90 Å². The van der Waals surface area contributed by atoms with Crippen LogP contribution in [0.2, 0.25) is 0 Å². The van der Waals surface area contributed by atoms with Gasteiger partial charge in [0.1, 0.15) is 0 Å². The fraction of sp³-hybridized carbons (Fsp3) is 0.538. The number of nitrogens with zero attached hydrogens (tertiary/aromatic N) is 1. The first-order valence-electron chi connectivity index (χ1n) is 5.69. The zero-order chi connectivity index (χ0) is 12.4. The lowest BCUT2D eigenvalue weighted by Crippen LogP contribution is -2.14. The van der Waals surface area contributed by atoms with Gasteiger partial charge in [0.25, 0.3) is 0 Å². The van der Waals surface area contributed by atoms with Crippen LogP contribution in [-0.4, -0.2) is 36.4 Å². The third-order valence-electron chi connectivity index (χ3n) is 1.91. The number of hydrogen-bond acceptors (Lipinski definition) is 3. The molecule has 0 fully saturated rings. The van der Waals surface area contributed by atoms with Gasteiger partial charge in [-0.2, -0.15) is 0 Å². The van der Waals surface area contributed by atoms with Crippen LogP contribution in [0.25, 0.3) is 0 Å². The zero-order valence-electron chi connectivity index (χ0n) is 10.7. The van der Waals surface area contributed by atoms with Crippen LogP contribution in [0.15, 0.2) is 29.2 Å². The maximum absolute atomic E-state index is 8.86. The lowest BCUT2D eigenvalue weighted by atomic mass is 10.2. The zero-order valence-corrected chi connectivity index (χ0v) is 11.5. The van der Waals surface area contributed by atoms with E-state index in [9.17, 15) is 0 Å². The molecule has 0 unspecified atom stereocenters. The third-order valence-corrected chi connectivity index (χ3v) is 2.91. The molecule has 1 aromatic carbocycles. The second kappa shape index (κ2) is 9.70. The van der Waals surface area contributed by atoms with Gasteiger partial charge >= 0.3 is 0 Å². The first kappa shape index (κ1) is 15.5. The molecule has 0 saturated heterocycles. The van der Waals surface area contributed by atoms with Crippen LogP contribution in [0.4, 0.5) is 0 Å². The molecule has 0 bridgehead atoms. The Morgan fingerprint density at radius 2 is 1.69 bits per heavy atom. The van der Waals surface area contributed by atoms with Gasteiger partial charge in [-0.3, -0.25) is 0 Å². The quantitative estimate of drug-likeness (QED) is 0.802. The van der Waals surface area contributed by atoms with Crippen LogP contribution in [0.5, 0.6) is 0 Å². The summed E-state index contributed by atoms with van der Waals surface area (Å²) in [4.78, 5) is 3.44. The van der Waals surface area contributed by atoms with Crippen molar-refractivity contribution in [2.24, 2.45) is 0 Å². The Hall–Kier alpha value is -0.510. The molecule has 92 valence electrons. The molecule has 0 saturated carbocycles. The van der Waals surface area contributed by atoms with Gasteiger partial charge in [0.2, 0.25) is 0 Å². The molecule has 16 heavy (non-hydrogen) atoms. The Morgan fingerprint density at radius 3 is 2.12 bits per heavy atom. The molecule has 0 radical (unpaired) electrons. The van der Waals surface area contributed by atoms with Crippen LogP contribution in [0.3, 0.4) is 0 Å². The normalized spacial score (nSPS) is 9.88. The predicted molar refractivity (Wildman–Crippen MR) is 73.0 cm³/mol.